The molecule has 3 aromatic rings. The van der Waals surface area contributed by atoms with E-state index < -0.39 is 6.36 Å². The Balaban J connectivity index is 1.49. The second kappa shape index (κ2) is 9.14. The fourth-order valence-corrected chi connectivity index (χ4v) is 4.05. The molecule has 10 nitrogen and oxygen atoms in total. The molecule has 1 fully saturated rings. The van der Waals surface area contributed by atoms with Crippen LogP contribution in [0, 0.1) is 0 Å². The highest BCUT2D eigenvalue weighted by atomic mass is 19.4. The Hall–Kier alpha value is -3.32. The molecule has 0 atom stereocenters. The van der Waals surface area contributed by atoms with Gasteiger partial charge in [0.05, 0.1) is 19.8 Å². The second-order valence-corrected chi connectivity index (χ2v) is 8.01. The molecule has 0 aliphatic carbocycles. The zero-order valence-electron chi connectivity index (χ0n) is 18.5. The highest BCUT2D eigenvalue weighted by Gasteiger charge is 2.31. The molecule has 0 saturated carbocycles. The third-order valence-electron chi connectivity index (χ3n) is 5.69. The first-order valence-corrected chi connectivity index (χ1v) is 10.9. The number of benzene rings is 1. The maximum absolute atomic E-state index is 12.7. The van der Waals surface area contributed by atoms with Crippen molar-refractivity contribution in [2.75, 3.05) is 69.8 Å². The van der Waals surface area contributed by atoms with E-state index in [1.54, 1.807) is 6.07 Å². The summed E-state index contributed by atoms with van der Waals surface area (Å²) in [5, 5.41) is 16.5. The molecule has 4 heterocycles. The third-order valence-corrected chi connectivity index (χ3v) is 5.69. The topological polar surface area (TPSA) is 89.3 Å². The largest absolute Gasteiger partial charge is 0.573 e. The smallest absolute Gasteiger partial charge is 0.486 e. The van der Waals surface area contributed by atoms with Crippen molar-refractivity contribution in [2.45, 2.75) is 6.36 Å². The van der Waals surface area contributed by atoms with Gasteiger partial charge in [-0.25, -0.2) is 0 Å². The number of fused-ring (bicyclic) bond motifs is 3. The average molecular weight is 479 g/mol. The van der Waals surface area contributed by atoms with Crippen molar-refractivity contribution in [3.8, 4) is 22.9 Å². The van der Waals surface area contributed by atoms with Crippen LogP contribution in [0.15, 0.2) is 24.3 Å². The summed E-state index contributed by atoms with van der Waals surface area (Å²) in [6.45, 7) is 5.80. The highest BCUT2D eigenvalue weighted by Crippen LogP contribution is 2.40. The monoisotopic (exact) mass is 479 g/mol. The summed E-state index contributed by atoms with van der Waals surface area (Å²) < 4.78 is 55.0. The van der Waals surface area contributed by atoms with Gasteiger partial charge in [0, 0.05) is 38.8 Å². The minimum Gasteiger partial charge on any atom is -0.486 e. The molecule has 0 spiro atoms. The van der Waals surface area contributed by atoms with E-state index in [1.165, 1.54) is 22.7 Å². The molecule has 1 N–H and O–H groups in total. The molecule has 182 valence electrons. The minimum absolute atomic E-state index is 0.276. The molecule has 2 aromatic heterocycles. The summed E-state index contributed by atoms with van der Waals surface area (Å²) in [5.41, 5.74) is 1.54. The second-order valence-electron chi connectivity index (χ2n) is 8.01. The minimum atomic E-state index is -4.79. The van der Waals surface area contributed by atoms with E-state index in [1.807, 2.05) is 11.9 Å². The van der Waals surface area contributed by atoms with Crippen LogP contribution in [0.25, 0.3) is 17.0 Å². The van der Waals surface area contributed by atoms with Gasteiger partial charge >= 0.3 is 6.36 Å². The third kappa shape index (κ3) is 4.66. The van der Waals surface area contributed by atoms with E-state index in [-0.39, 0.29) is 11.6 Å². The number of ether oxygens (including phenoxy) is 3. The van der Waals surface area contributed by atoms with Gasteiger partial charge in [0.15, 0.2) is 17.4 Å². The number of aromatic nitrogens is 4. The summed E-state index contributed by atoms with van der Waals surface area (Å²) >= 11 is 0. The average Bonchev–Trinajstić information content (AvgIpc) is 3.23. The Kier molecular flexibility index (Phi) is 6.04. The van der Waals surface area contributed by atoms with Gasteiger partial charge in [-0.2, -0.15) is 4.52 Å². The molecule has 1 aromatic carbocycles. The Morgan fingerprint density at radius 2 is 1.94 bits per heavy atom. The van der Waals surface area contributed by atoms with Gasteiger partial charge in [0.1, 0.15) is 18.0 Å². The number of nitrogens with one attached hydrogen (secondary N) is 1. The molecule has 5 rings (SSSR count). The molecule has 0 radical (unpaired) electrons. The number of morpholine rings is 1. The normalized spacial score (nSPS) is 16.9. The molecule has 2 aliphatic rings. The number of hydrogen-bond acceptors (Lipinski definition) is 9. The quantitative estimate of drug-likeness (QED) is 0.572. The molecule has 0 amide bonds. The number of rotatable bonds is 6. The van der Waals surface area contributed by atoms with Gasteiger partial charge in [-0.1, -0.05) is 12.1 Å². The van der Waals surface area contributed by atoms with Crippen LogP contribution in [-0.2, 0) is 4.74 Å². The summed E-state index contributed by atoms with van der Waals surface area (Å²) in [4.78, 5) is 4.34. The Bertz CT molecular complexity index is 1160. The number of alkyl halides is 3. The van der Waals surface area contributed by atoms with E-state index in [0.29, 0.717) is 42.5 Å². The summed E-state index contributed by atoms with van der Waals surface area (Å²) in [6, 6.07) is 5.57. The first-order valence-electron chi connectivity index (χ1n) is 10.9. The van der Waals surface area contributed by atoms with E-state index in [9.17, 15) is 13.2 Å². The van der Waals surface area contributed by atoms with Crippen LogP contribution in [0.3, 0.4) is 0 Å². The van der Waals surface area contributed by atoms with Gasteiger partial charge in [-0.3, -0.25) is 4.90 Å². The van der Waals surface area contributed by atoms with Crippen LogP contribution in [0.4, 0.5) is 24.7 Å². The predicted molar refractivity (Wildman–Crippen MR) is 117 cm³/mol. The number of anilines is 2. The summed E-state index contributed by atoms with van der Waals surface area (Å²) in [6.07, 6.45) is -4.79. The van der Waals surface area contributed by atoms with Crippen LogP contribution in [0.1, 0.15) is 0 Å². The fourth-order valence-electron chi connectivity index (χ4n) is 4.05. The van der Waals surface area contributed by atoms with Gasteiger partial charge in [-0.05, 0) is 12.1 Å². The maximum Gasteiger partial charge on any atom is 0.573 e. The zero-order valence-corrected chi connectivity index (χ0v) is 18.5. The van der Waals surface area contributed by atoms with Crippen molar-refractivity contribution < 1.29 is 27.4 Å². The van der Waals surface area contributed by atoms with Crippen LogP contribution in [-0.4, -0.2) is 90.7 Å². The van der Waals surface area contributed by atoms with E-state index in [4.69, 9.17) is 14.6 Å². The Morgan fingerprint density at radius 1 is 1.12 bits per heavy atom. The van der Waals surface area contributed by atoms with Crippen molar-refractivity contribution in [2.24, 2.45) is 0 Å². The van der Waals surface area contributed by atoms with E-state index >= 15 is 0 Å². The van der Waals surface area contributed by atoms with Crippen LogP contribution >= 0.6 is 0 Å². The van der Waals surface area contributed by atoms with E-state index in [2.05, 4.69) is 25.2 Å². The molecular weight excluding hydrogens is 455 g/mol. The highest BCUT2D eigenvalue weighted by molar-refractivity contribution is 5.82. The molecule has 0 unspecified atom stereocenters. The van der Waals surface area contributed by atoms with Gasteiger partial charge < -0.3 is 24.4 Å². The number of nitrogens with zero attached hydrogens (tertiary/aromatic N) is 6. The summed E-state index contributed by atoms with van der Waals surface area (Å²) in [5.74, 6) is 1.04. The summed E-state index contributed by atoms with van der Waals surface area (Å²) in [7, 11) is 1.95. The zero-order chi connectivity index (χ0) is 23.7. The van der Waals surface area contributed by atoms with Gasteiger partial charge in [0.25, 0.3) is 0 Å². The molecule has 1 saturated heterocycles. The van der Waals surface area contributed by atoms with Gasteiger partial charge in [0.2, 0.25) is 5.65 Å². The molecule has 13 heteroatoms. The fraction of sp³-hybridized carbons (Fsp3) is 0.476. The standard InChI is InChI=1S/C21H24F3N7O3/c1-29-7-12-33-17-16(29)18(25-5-6-30-8-10-32-11-9-30)28-31-19(26-27-20(17)31)14-3-2-4-15(13-14)34-21(22,23)24/h2-4,13H,5-12H2,1H3,(H,25,28). The lowest BCUT2D eigenvalue weighted by molar-refractivity contribution is -0.274. The molecule has 0 bridgehead atoms. The molecular formula is C21H24F3N7O3. The van der Waals surface area contributed by atoms with Crippen molar-refractivity contribution in [1.82, 2.24) is 24.7 Å². The number of likely N-dealkylation sites (N-methyl/N-ethyl adjacent to an activating group) is 1. The van der Waals surface area contributed by atoms with Crippen LogP contribution < -0.4 is 19.7 Å². The number of halogens is 3. The van der Waals surface area contributed by atoms with Crippen LogP contribution in [0.5, 0.6) is 11.5 Å². The van der Waals surface area contributed by atoms with Crippen molar-refractivity contribution in [3.05, 3.63) is 24.3 Å². The molecule has 2 aliphatic heterocycles. The van der Waals surface area contributed by atoms with Crippen molar-refractivity contribution >= 4 is 17.2 Å². The lowest BCUT2D eigenvalue weighted by atomic mass is 10.2. The Labute approximate surface area is 193 Å². The predicted octanol–water partition coefficient (Wildman–Crippen LogP) is 2.26. The lowest BCUT2D eigenvalue weighted by Gasteiger charge is -2.30. The van der Waals surface area contributed by atoms with Crippen molar-refractivity contribution in [1.29, 1.82) is 0 Å². The first kappa shape index (κ1) is 22.5. The van der Waals surface area contributed by atoms with Crippen LogP contribution in [0.2, 0.25) is 0 Å². The lowest BCUT2D eigenvalue weighted by Crippen LogP contribution is -2.39. The first-order chi connectivity index (χ1) is 16.4. The van der Waals surface area contributed by atoms with Crippen molar-refractivity contribution in [3.63, 3.8) is 0 Å². The molecule has 34 heavy (non-hydrogen) atoms. The SMILES string of the molecule is CN1CCOc2c1c(NCCN1CCOCC1)nn1c(-c3cccc(OC(F)(F)F)c3)nnc21. The van der Waals surface area contributed by atoms with Gasteiger partial charge in [-0.15, -0.1) is 28.5 Å². The Morgan fingerprint density at radius 3 is 2.74 bits per heavy atom. The maximum atomic E-state index is 12.7. The van der Waals surface area contributed by atoms with E-state index in [0.717, 1.165) is 38.5 Å². The number of hydrogen-bond donors (Lipinski definition) is 1.